The molecule has 12 heteroatoms. The molecule has 2 amide bonds. The molecule has 1 fully saturated rings. The Morgan fingerprint density at radius 3 is 2.27 bits per heavy atom. The molecule has 0 spiro atoms. The third-order valence-electron chi connectivity index (χ3n) is 4.60. The minimum atomic E-state index is -2.28. The molecule has 2 aromatic rings. The van der Waals surface area contributed by atoms with E-state index in [0.29, 0.717) is 0 Å². The second-order valence-corrected chi connectivity index (χ2v) is 6.29. The van der Waals surface area contributed by atoms with Gasteiger partial charge in [-0.05, 0) is 19.1 Å². The van der Waals surface area contributed by atoms with Gasteiger partial charge in [-0.2, -0.15) is 0 Å². The second kappa shape index (κ2) is 5.22. The van der Waals surface area contributed by atoms with Crippen molar-refractivity contribution in [2.75, 3.05) is 11.5 Å². The minimum absolute atomic E-state index is 0.0121. The number of piperidine rings is 1. The van der Waals surface area contributed by atoms with Crippen LogP contribution >= 0.6 is 0 Å². The summed E-state index contributed by atoms with van der Waals surface area (Å²) >= 11 is 0. The Kier molecular flexibility index (Phi) is 3.56. The predicted octanol–water partition coefficient (Wildman–Crippen LogP) is -3.92. The number of carbonyl (C=O) groups excluding carboxylic acids is 2. The van der Waals surface area contributed by atoms with E-state index in [1.54, 1.807) is 0 Å². The summed E-state index contributed by atoms with van der Waals surface area (Å²) < 4.78 is 0.825. The average Bonchev–Trinajstić information content (AvgIpc) is 2.55. The van der Waals surface area contributed by atoms with Crippen molar-refractivity contribution in [1.29, 1.82) is 0 Å². The number of aromatic nitrogens is 2. The number of nitrogens with one attached hydrogen (secondary N) is 1. The molecule has 2 heterocycles. The van der Waals surface area contributed by atoms with Crippen molar-refractivity contribution >= 4 is 34.1 Å². The van der Waals surface area contributed by atoms with Crippen molar-refractivity contribution < 1.29 is 9.59 Å². The SMILES string of the molecule is Cc1nc2c(N)ccc(N)c2c(=O)n1C1(N)C(=O)NC(=O)C(N)(N)C1N. The third-order valence-corrected chi connectivity index (χ3v) is 4.60. The highest BCUT2D eigenvalue weighted by Gasteiger charge is 2.59. The van der Waals surface area contributed by atoms with E-state index in [-0.39, 0.29) is 28.1 Å². The minimum Gasteiger partial charge on any atom is -0.398 e. The summed E-state index contributed by atoms with van der Waals surface area (Å²) in [4.78, 5) is 41.8. The molecule has 1 aromatic heterocycles. The molecule has 1 saturated heterocycles. The zero-order valence-corrected chi connectivity index (χ0v) is 13.8. The summed E-state index contributed by atoms with van der Waals surface area (Å²) in [5.41, 5.74) is 30.5. The van der Waals surface area contributed by atoms with Crippen molar-refractivity contribution in [1.82, 2.24) is 14.9 Å². The van der Waals surface area contributed by atoms with E-state index in [1.165, 1.54) is 19.1 Å². The monoisotopic (exact) mass is 361 g/mol. The fourth-order valence-electron chi connectivity index (χ4n) is 3.07. The molecule has 12 nitrogen and oxygen atoms in total. The summed E-state index contributed by atoms with van der Waals surface area (Å²) in [5.74, 6) is -2.05. The molecule has 1 aliphatic heterocycles. The first-order valence-electron chi connectivity index (χ1n) is 7.50. The molecule has 2 atom stereocenters. The van der Waals surface area contributed by atoms with Gasteiger partial charge >= 0.3 is 0 Å². The van der Waals surface area contributed by atoms with Gasteiger partial charge in [-0.15, -0.1) is 0 Å². The Morgan fingerprint density at radius 1 is 1.08 bits per heavy atom. The lowest BCUT2D eigenvalue weighted by Gasteiger charge is -2.46. The van der Waals surface area contributed by atoms with Crippen LogP contribution in [0.25, 0.3) is 10.9 Å². The summed E-state index contributed by atoms with van der Waals surface area (Å²) in [6.45, 7) is 1.42. The molecule has 3 rings (SSSR count). The highest BCUT2D eigenvalue weighted by molar-refractivity contribution is 6.07. The Bertz CT molecular complexity index is 1030. The number of anilines is 2. The highest BCUT2D eigenvalue weighted by Crippen LogP contribution is 2.27. The maximum absolute atomic E-state index is 13.1. The maximum atomic E-state index is 13.1. The average molecular weight is 361 g/mol. The lowest BCUT2D eigenvalue weighted by atomic mass is 9.84. The van der Waals surface area contributed by atoms with Crippen LogP contribution < -0.4 is 45.3 Å². The van der Waals surface area contributed by atoms with E-state index in [0.717, 1.165) is 4.57 Å². The predicted molar refractivity (Wildman–Crippen MR) is 94.0 cm³/mol. The molecular formula is C14H19N9O3. The van der Waals surface area contributed by atoms with Gasteiger partial charge in [0.25, 0.3) is 17.4 Å². The first-order chi connectivity index (χ1) is 11.9. The van der Waals surface area contributed by atoms with Crippen LogP contribution in [0.5, 0.6) is 0 Å². The van der Waals surface area contributed by atoms with Crippen molar-refractivity contribution in [3.8, 4) is 0 Å². The van der Waals surface area contributed by atoms with Gasteiger partial charge in [0.1, 0.15) is 11.3 Å². The summed E-state index contributed by atoms with van der Waals surface area (Å²) in [6.07, 6.45) is 0. The zero-order valence-electron chi connectivity index (χ0n) is 13.8. The van der Waals surface area contributed by atoms with E-state index in [2.05, 4.69) is 4.98 Å². The van der Waals surface area contributed by atoms with Gasteiger partial charge < -0.3 is 28.7 Å². The lowest BCUT2D eigenvalue weighted by Crippen LogP contribution is -2.86. The van der Waals surface area contributed by atoms with Gasteiger partial charge in [0.05, 0.1) is 17.1 Å². The number of nitrogen functional groups attached to an aromatic ring is 2. The molecule has 13 N–H and O–H groups in total. The summed E-state index contributed by atoms with van der Waals surface area (Å²) in [7, 11) is 0. The molecule has 138 valence electrons. The van der Waals surface area contributed by atoms with Crippen molar-refractivity contribution in [2.24, 2.45) is 22.9 Å². The first kappa shape index (κ1) is 17.8. The van der Waals surface area contributed by atoms with Crippen LogP contribution in [0, 0.1) is 6.92 Å². The smallest absolute Gasteiger partial charge is 0.269 e. The van der Waals surface area contributed by atoms with E-state index in [9.17, 15) is 14.4 Å². The normalized spacial score (nSPS) is 25.3. The van der Waals surface area contributed by atoms with Crippen LogP contribution in [-0.2, 0) is 15.3 Å². The quantitative estimate of drug-likeness (QED) is 0.148. The number of hydrogen-bond donors (Lipinski definition) is 7. The van der Waals surface area contributed by atoms with Crippen molar-refractivity contribution in [2.45, 2.75) is 24.3 Å². The van der Waals surface area contributed by atoms with Crippen LogP contribution in [0.3, 0.4) is 0 Å². The number of amides is 2. The fraction of sp³-hybridized carbons (Fsp3) is 0.286. The van der Waals surface area contributed by atoms with Gasteiger partial charge in [-0.1, -0.05) is 0 Å². The van der Waals surface area contributed by atoms with Crippen LogP contribution in [0.2, 0.25) is 0 Å². The Labute approximate surface area is 146 Å². The number of rotatable bonds is 1. The highest BCUT2D eigenvalue weighted by atomic mass is 16.2. The van der Waals surface area contributed by atoms with Gasteiger partial charge in [0.2, 0.25) is 0 Å². The third kappa shape index (κ3) is 2.04. The molecule has 1 aromatic carbocycles. The van der Waals surface area contributed by atoms with Crippen LogP contribution in [0.1, 0.15) is 5.82 Å². The van der Waals surface area contributed by atoms with Gasteiger partial charge in [0, 0.05) is 5.69 Å². The molecule has 26 heavy (non-hydrogen) atoms. The number of nitrogens with zero attached hydrogens (tertiary/aromatic N) is 2. The largest absolute Gasteiger partial charge is 0.398 e. The molecule has 2 unspecified atom stereocenters. The Balaban J connectivity index is 2.42. The molecule has 0 bridgehead atoms. The lowest BCUT2D eigenvalue weighted by molar-refractivity contribution is -0.147. The van der Waals surface area contributed by atoms with Crippen LogP contribution in [0.15, 0.2) is 16.9 Å². The number of nitrogens with two attached hydrogens (primary N) is 6. The van der Waals surface area contributed by atoms with Gasteiger partial charge in [0.15, 0.2) is 11.3 Å². The van der Waals surface area contributed by atoms with E-state index >= 15 is 0 Å². The van der Waals surface area contributed by atoms with Crippen molar-refractivity contribution in [3.05, 3.63) is 28.3 Å². The van der Waals surface area contributed by atoms with E-state index in [1.807, 2.05) is 5.32 Å². The number of aryl methyl sites for hydroxylation is 1. The molecule has 0 saturated carbocycles. The van der Waals surface area contributed by atoms with Crippen LogP contribution in [-0.4, -0.2) is 33.1 Å². The standard InChI is InChI=1S/C14H19N9O3/c1-4-21-8-6(16)3-2-5(15)7(8)9(24)23(4)14(20)10(17)13(18,19)11(25)22-12(14)26/h2-3,10H,15-20H2,1H3,(H,22,25,26). The molecule has 0 aliphatic carbocycles. The van der Waals surface area contributed by atoms with E-state index < -0.39 is 34.7 Å². The first-order valence-corrected chi connectivity index (χ1v) is 7.50. The number of fused-ring (bicyclic) bond motifs is 1. The topological polar surface area (TPSA) is 237 Å². The number of carbonyl (C=O) groups is 2. The Hall–Kier alpha value is -3.06. The second-order valence-electron chi connectivity index (χ2n) is 6.29. The summed E-state index contributed by atoms with van der Waals surface area (Å²) in [6, 6.07) is 1.29. The molecule has 0 radical (unpaired) electrons. The van der Waals surface area contributed by atoms with Gasteiger partial charge in [-0.25, -0.2) is 4.98 Å². The Morgan fingerprint density at radius 2 is 1.65 bits per heavy atom. The molecule has 1 aliphatic rings. The summed E-state index contributed by atoms with van der Waals surface area (Å²) in [5, 5.41) is 1.90. The van der Waals surface area contributed by atoms with Crippen molar-refractivity contribution in [3.63, 3.8) is 0 Å². The van der Waals surface area contributed by atoms with Crippen LogP contribution in [0.4, 0.5) is 11.4 Å². The molecular weight excluding hydrogens is 342 g/mol. The number of benzene rings is 1. The van der Waals surface area contributed by atoms with E-state index in [4.69, 9.17) is 34.4 Å². The zero-order chi connectivity index (χ0) is 19.6. The fourth-order valence-corrected chi connectivity index (χ4v) is 3.07. The number of imide groups is 1. The maximum Gasteiger partial charge on any atom is 0.269 e. The number of hydrogen-bond acceptors (Lipinski definition) is 10. The van der Waals surface area contributed by atoms with Gasteiger partial charge in [-0.3, -0.25) is 30.0 Å².